The van der Waals surface area contributed by atoms with E-state index < -0.39 is 6.04 Å². The van der Waals surface area contributed by atoms with Crippen LogP contribution in [0.3, 0.4) is 0 Å². The van der Waals surface area contributed by atoms with Gasteiger partial charge in [-0.3, -0.25) is 9.59 Å². The minimum atomic E-state index is -0.596. The van der Waals surface area contributed by atoms with Gasteiger partial charge in [-0.2, -0.15) is 0 Å². The van der Waals surface area contributed by atoms with Gasteiger partial charge in [0.25, 0.3) is 5.91 Å². The second-order valence-corrected chi connectivity index (χ2v) is 6.80. The number of hydrogen-bond acceptors (Lipinski definition) is 5. The van der Waals surface area contributed by atoms with Gasteiger partial charge in [-0.15, -0.1) is 11.3 Å². The Labute approximate surface area is 151 Å². The predicted molar refractivity (Wildman–Crippen MR) is 98.0 cm³/mol. The van der Waals surface area contributed by atoms with E-state index in [9.17, 15) is 9.59 Å². The van der Waals surface area contributed by atoms with Gasteiger partial charge >= 0.3 is 0 Å². The molecule has 2 amide bonds. The first-order chi connectivity index (χ1) is 11.9. The van der Waals surface area contributed by atoms with Crippen LogP contribution in [0.4, 0.5) is 0 Å². The van der Waals surface area contributed by atoms with Crippen molar-refractivity contribution in [2.75, 3.05) is 6.54 Å². The number of aromatic nitrogens is 1. The number of benzene rings is 1. The average Bonchev–Trinajstić information content (AvgIpc) is 2.95. The highest BCUT2D eigenvalue weighted by Gasteiger charge is 2.20. The number of nitrogens with zero attached hydrogens (tertiary/aromatic N) is 1. The van der Waals surface area contributed by atoms with Gasteiger partial charge in [-0.1, -0.05) is 17.7 Å². The highest BCUT2D eigenvalue weighted by Crippen LogP contribution is 2.20. The Morgan fingerprint density at radius 2 is 1.92 bits per heavy atom. The lowest BCUT2D eigenvalue weighted by atomic mass is 10.2. The number of hydrogen-bond donors (Lipinski definition) is 2. The highest BCUT2D eigenvalue weighted by molar-refractivity contribution is 7.13. The molecule has 6 nitrogen and oxygen atoms in total. The van der Waals surface area contributed by atoms with Crippen LogP contribution in [-0.4, -0.2) is 29.4 Å². The number of nitrogens with one attached hydrogen (secondary N) is 2. The molecule has 1 aromatic heterocycles. The molecule has 2 N–H and O–H groups in total. The van der Waals surface area contributed by atoms with Gasteiger partial charge in [0, 0.05) is 6.54 Å². The maximum atomic E-state index is 12.3. The first-order valence-corrected chi connectivity index (χ1v) is 8.96. The lowest BCUT2D eigenvalue weighted by Crippen LogP contribution is -2.44. The van der Waals surface area contributed by atoms with E-state index in [-0.39, 0.29) is 11.8 Å². The second-order valence-electron chi connectivity index (χ2n) is 5.71. The molecule has 0 aliphatic carbocycles. The molecule has 1 atom stereocenters. The molecule has 2 aromatic rings. The minimum absolute atomic E-state index is 0.207. The molecule has 0 saturated carbocycles. The zero-order chi connectivity index (χ0) is 18.4. The van der Waals surface area contributed by atoms with Gasteiger partial charge in [0.15, 0.2) is 0 Å². The van der Waals surface area contributed by atoms with E-state index in [1.807, 2.05) is 38.1 Å². The normalized spacial score (nSPS) is 11.7. The number of likely N-dealkylation sites (N-methyl/N-ethyl adjacent to an activating group) is 1. The van der Waals surface area contributed by atoms with Gasteiger partial charge < -0.3 is 15.4 Å². The molecule has 1 aromatic carbocycles. The molecule has 0 bridgehead atoms. The van der Waals surface area contributed by atoms with Crippen LogP contribution in [0.15, 0.2) is 24.3 Å². The Balaban J connectivity index is 1.97. The fourth-order valence-electron chi connectivity index (χ4n) is 2.16. The van der Waals surface area contributed by atoms with Crippen molar-refractivity contribution < 1.29 is 14.3 Å². The maximum Gasteiger partial charge on any atom is 0.263 e. The predicted octanol–water partition coefficient (Wildman–Crippen LogP) is 2.59. The second kappa shape index (κ2) is 8.62. The molecule has 0 saturated heterocycles. The number of carbonyl (C=O) groups excluding carboxylic acids is 2. The largest absolute Gasteiger partial charge is 0.486 e. The third kappa shape index (κ3) is 5.29. The maximum absolute atomic E-state index is 12.3. The summed E-state index contributed by atoms with van der Waals surface area (Å²) < 4.78 is 5.70. The topological polar surface area (TPSA) is 80.3 Å². The Morgan fingerprint density at radius 1 is 1.24 bits per heavy atom. The first-order valence-electron chi connectivity index (χ1n) is 8.15. The third-order valence-electron chi connectivity index (χ3n) is 3.52. The number of thiazole rings is 1. The van der Waals surface area contributed by atoms with Crippen LogP contribution in [0, 0.1) is 13.8 Å². The van der Waals surface area contributed by atoms with E-state index in [2.05, 4.69) is 15.6 Å². The molecule has 2 rings (SSSR count). The van der Waals surface area contributed by atoms with E-state index in [0.29, 0.717) is 28.7 Å². The number of rotatable bonds is 7. The van der Waals surface area contributed by atoms with Crippen molar-refractivity contribution in [3.8, 4) is 5.75 Å². The van der Waals surface area contributed by atoms with E-state index in [0.717, 1.165) is 11.3 Å². The molecular formula is C18H23N3O3S. The van der Waals surface area contributed by atoms with Crippen molar-refractivity contribution in [1.29, 1.82) is 0 Å². The molecule has 0 radical (unpaired) electrons. The summed E-state index contributed by atoms with van der Waals surface area (Å²) in [6.45, 7) is 8.10. The van der Waals surface area contributed by atoms with Crippen molar-refractivity contribution in [3.05, 3.63) is 45.4 Å². The number of amides is 2. The van der Waals surface area contributed by atoms with E-state index in [1.165, 1.54) is 11.3 Å². The van der Waals surface area contributed by atoms with Gasteiger partial charge in [0.1, 0.15) is 28.3 Å². The lowest BCUT2D eigenvalue weighted by molar-refractivity contribution is -0.122. The molecule has 0 aliphatic rings. The number of aryl methyl sites for hydroxylation is 2. The molecule has 25 heavy (non-hydrogen) atoms. The van der Waals surface area contributed by atoms with Crippen molar-refractivity contribution in [2.45, 2.75) is 40.3 Å². The molecule has 1 unspecified atom stereocenters. The van der Waals surface area contributed by atoms with Crippen molar-refractivity contribution in [1.82, 2.24) is 15.6 Å². The SMILES string of the molecule is CCNC(=O)C(C)NC(=O)c1sc(COc2ccc(C)cc2)nc1C. The summed E-state index contributed by atoms with van der Waals surface area (Å²) >= 11 is 1.28. The summed E-state index contributed by atoms with van der Waals surface area (Å²) in [7, 11) is 0. The monoisotopic (exact) mass is 361 g/mol. The van der Waals surface area contributed by atoms with E-state index >= 15 is 0 Å². The van der Waals surface area contributed by atoms with Crippen LogP contribution in [0.2, 0.25) is 0 Å². The quantitative estimate of drug-likeness (QED) is 0.794. The Morgan fingerprint density at radius 3 is 2.56 bits per heavy atom. The Hall–Kier alpha value is -2.41. The summed E-state index contributed by atoms with van der Waals surface area (Å²) in [6, 6.07) is 7.16. The Bertz CT molecular complexity index is 741. The Kier molecular flexibility index (Phi) is 6.52. The molecule has 0 fully saturated rings. The lowest BCUT2D eigenvalue weighted by Gasteiger charge is -2.12. The van der Waals surface area contributed by atoms with Crippen LogP contribution >= 0.6 is 11.3 Å². The van der Waals surface area contributed by atoms with Crippen LogP contribution in [0.25, 0.3) is 0 Å². The van der Waals surface area contributed by atoms with Crippen LogP contribution in [0.1, 0.15) is 39.8 Å². The molecule has 0 spiro atoms. The summed E-state index contributed by atoms with van der Waals surface area (Å²) in [5.74, 6) is 0.255. The third-order valence-corrected chi connectivity index (χ3v) is 4.65. The van der Waals surface area contributed by atoms with Crippen molar-refractivity contribution >= 4 is 23.2 Å². The molecule has 7 heteroatoms. The molecule has 134 valence electrons. The first kappa shape index (κ1) is 18.9. The molecule has 0 aliphatic heterocycles. The fourth-order valence-corrected chi connectivity index (χ4v) is 3.04. The molecule has 1 heterocycles. The van der Waals surface area contributed by atoms with Crippen molar-refractivity contribution in [3.63, 3.8) is 0 Å². The van der Waals surface area contributed by atoms with Crippen molar-refractivity contribution in [2.24, 2.45) is 0 Å². The highest BCUT2D eigenvalue weighted by atomic mass is 32.1. The smallest absolute Gasteiger partial charge is 0.263 e. The van der Waals surface area contributed by atoms with Gasteiger partial charge in [-0.05, 0) is 39.8 Å². The summed E-state index contributed by atoms with van der Waals surface area (Å²) in [5.41, 5.74) is 1.80. The van der Waals surface area contributed by atoms with Gasteiger partial charge in [-0.25, -0.2) is 4.98 Å². The van der Waals surface area contributed by atoms with E-state index in [1.54, 1.807) is 13.8 Å². The average molecular weight is 361 g/mol. The van der Waals surface area contributed by atoms with Crippen LogP contribution in [0.5, 0.6) is 5.75 Å². The van der Waals surface area contributed by atoms with Gasteiger partial charge in [0.05, 0.1) is 5.69 Å². The zero-order valence-corrected chi connectivity index (χ0v) is 15.7. The summed E-state index contributed by atoms with van der Waals surface area (Å²) in [5, 5.41) is 6.09. The zero-order valence-electron chi connectivity index (χ0n) is 14.9. The molecular weight excluding hydrogens is 338 g/mol. The number of carbonyl (C=O) groups is 2. The van der Waals surface area contributed by atoms with Crippen LogP contribution in [-0.2, 0) is 11.4 Å². The standard InChI is InChI=1S/C18H23N3O3S/c1-5-19-17(22)13(4)21-18(23)16-12(3)20-15(25-16)10-24-14-8-6-11(2)7-9-14/h6-9,13H,5,10H2,1-4H3,(H,19,22)(H,21,23). The van der Waals surface area contributed by atoms with E-state index in [4.69, 9.17) is 4.74 Å². The fraction of sp³-hybridized carbons (Fsp3) is 0.389. The van der Waals surface area contributed by atoms with Crippen LogP contribution < -0.4 is 15.4 Å². The number of ether oxygens (including phenoxy) is 1. The van der Waals surface area contributed by atoms with Gasteiger partial charge in [0.2, 0.25) is 5.91 Å². The summed E-state index contributed by atoms with van der Waals surface area (Å²) in [6.07, 6.45) is 0. The summed E-state index contributed by atoms with van der Waals surface area (Å²) in [4.78, 5) is 29.0. The minimum Gasteiger partial charge on any atom is -0.486 e.